The van der Waals surface area contributed by atoms with Gasteiger partial charge in [0.25, 0.3) is 0 Å². The number of hydrogen-bond donors (Lipinski definition) is 0. The van der Waals surface area contributed by atoms with Crippen LogP contribution in [0.1, 0.15) is 0 Å². The minimum atomic E-state index is 0.724. The standard InChI is InChI=1S/C48H29N3S/c1-3-13-31(14-4-1)42-29-43(50-48(49-42)32-15-5-2-6-16-32)41-20-11-19-39-40-27-26-38-37-18-9-10-21-44(37)51(45(38)47(40)52-46(39)41)34-24-25-36-33(28-34)23-22-30-12-7-8-17-35(30)36/h1-29H. The summed E-state index contributed by atoms with van der Waals surface area (Å²) in [6.07, 6.45) is 0. The first-order chi connectivity index (χ1) is 25.8. The van der Waals surface area contributed by atoms with Crippen LogP contribution in [0.5, 0.6) is 0 Å². The molecule has 0 amide bonds. The van der Waals surface area contributed by atoms with E-state index in [1.54, 1.807) is 0 Å². The third-order valence-electron chi connectivity index (χ3n) is 10.4. The Kier molecular flexibility index (Phi) is 6.42. The van der Waals surface area contributed by atoms with Crippen molar-refractivity contribution in [3.8, 4) is 39.6 Å². The van der Waals surface area contributed by atoms with Crippen LogP contribution in [0.3, 0.4) is 0 Å². The zero-order valence-corrected chi connectivity index (χ0v) is 28.8. The highest BCUT2D eigenvalue weighted by Crippen LogP contribution is 2.46. The minimum absolute atomic E-state index is 0.724. The third-order valence-corrected chi connectivity index (χ3v) is 11.7. The molecule has 0 unspecified atom stereocenters. The van der Waals surface area contributed by atoms with Gasteiger partial charge in [0, 0.05) is 48.6 Å². The van der Waals surface area contributed by atoms with Crippen molar-refractivity contribution in [1.29, 1.82) is 0 Å². The molecule has 0 radical (unpaired) electrons. The fourth-order valence-corrected chi connectivity index (χ4v) is 9.33. The van der Waals surface area contributed by atoms with Crippen molar-refractivity contribution in [1.82, 2.24) is 14.5 Å². The fourth-order valence-electron chi connectivity index (χ4n) is 7.97. The predicted octanol–water partition coefficient (Wildman–Crippen LogP) is 13.2. The van der Waals surface area contributed by atoms with Crippen LogP contribution in [0.15, 0.2) is 176 Å². The van der Waals surface area contributed by atoms with Gasteiger partial charge in [-0.15, -0.1) is 11.3 Å². The van der Waals surface area contributed by atoms with Crippen molar-refractivity contribution in [2.45, 2.75) is 0 Å². The number of rotatable bonds is 4. The maximum absolute atomic E-state index is 5.22. The van der Waals surface area contributed by atoms with Gasteiger partial charge in [0.05, 0.1) is 27.1 Å². The lowest BCUT2D eigenvalue weighted by Gasteiger charge is -2.11. The van der Waals surface area contributed by atoms with Crippen LogP contribution in [0.2, 0.25) is 0 Å². The highest BCUT2D eigenvalue weighted by Gasteiger charge is 2.20. The summed E-state index contributed by atoms with van der Waals surface area (Å²) in [5.41, 5.74) is 8.62. The first-order valence-corrected chi connectivity index (χ1v) is 18.4. The number of nitrogens with zero attached hydrogens (tertiary/aromatic N) is 3. The highest BCUT2D eigenvalue weighted by molar-refractivity contribution is 7.27. The lowest BCUT2D eigenvalue weighted by atomic mass is 10.0. The summed E-state index contributed by atoms with van der Waals surface area (Å²) in [6, 6.07) is 63.0. The minimum Gasteiger partial charge on any atom is -0.308 e. The summed E-state index contributed by atoms with van der Waals surface area (Å²) < 4.78 is 4.97. The van der Waals surface area contributed by atoms with E-state index in [9.17, 15) is 0 Å². The van der Waals surface area contributed by atoms with E-state index in [0.29, 0.717) is 0 Å². The molecular formula is C48H29N3S. The van der Waals surface area contributed by atoms with E-state index in [1.165, 1.54) is 63.5 Å². The van der Waals surface area contributed by atoms with Gasteiger partial charge in [0.2, 0.25) is 0 Å². The van der Waals surface area contributed by atoms with Crippen molar-refractivity contribution in [2.75, 3.05) is 0 Å². The Labute approximate surface area is 303 Å². The Morgan fingerprint density at radius 2 is 1.04 bits per heavy atom. The molecule has 0 N–H and O–H groups in total. The Hall–Kier alpha value is -6.62. The predicted molar refractivity (Wildman–Crippen MR) is 221 cm³/mol. The number of aromatic nitrogens is 3. The van der Waals surface area contributed by atoms with E-state index in [4.69, 9.17) is 9.97 Å². The van der Waals surface area contributed by atoms with Gasteiger partial charge in [-0.1, -0.05) is 152 Å². The van der Waals surface area contributed by atoms with Gasteiger partial charge in [-0.2, -0.15) is 0 Å². The maximum atomic E-state index is 5.22. The first kappa shape index (κ1) is 29.1. The zero-order valence-electron chi connectivity index (χ0n) is 28.0. The molecule has 0 aliphatic rings. The van der Waals surface area contributed by atoms with Crippen molar-refractivity contribution in [3.63, 3.8) is 0 Å². The number of thiophene rings is 1. The Morgan fingerprint density at radius 3 is 1.90 bits per heavy atom. The number of benzene rings is 8. The summed E-state index contributed by atoms with van der Waals surface area (Å²) in [5, 5.41) is 10.1. The van der Waals surface area contributed by atoms with Crippen molar-refractivity contribution in [2.24, 2.45) is 0 Å². The molecule has 0 saturated carbocycles. The van der Waals surface area contributed by atoms with E-state index in [-0.39, 0.29) is 0 Å². The zero-order chi connectivity index (χ0) is 34.2. The molecule has 0 aliphatic heterocycles. The monoisotopic (exact) mass is 679 g/mol. The molecule has 0 aliphatic carbocycles. The van der Waals surface area contributed by atoms with E-state index >= 15 is 0 Å². The van der Waals surface area contributed by atoms with Crippen molar-refractivity contribution >= 4 is 74.9 Å². The van der Waals surface area contributed by atoms with Gasteiger partial charge in [-0.05, 0) is 45.8 Å². The van der Waals surface area contributed by atoms with E-state index in [0.717, 1.165) is 39.6 Å². The van der Waals surface area contributed by atoms with Crippen LogP contribution >= 0.6 is 11.3 Å². The molecule has 0 spiro atoms. The van der Waals surface area contributed by atoms with Crippen LogP contribution in [0.4, 0.5) is 0 Å². The van der Waals surface area contributed by atoms with Gasteiger partial charge in [0.15, 0.2) is 5.82 Å². The lowest BCUT2D eigenvalue weighted by molar-refractivity contribution is 1.19. The highest BCUT2D eigenvalue weighted by atomic mass is 32.1. The largest absolute Gasteiger partial charge is 0.308 e. The van der Waals surface area contributed by atoms with Crippen LogP contribution in [0.25, 0.3) is 103 Å². The second kappa shape index (κ2) is 11.5. The fraction of sp³-hybridized carbons (Fsp3) is 0. The molecule has 0 bridgehead atoms. The summed E-state index contributed by atoms with van der Waals surface area (Å²) >= 11 is 1.86. The summed E-state index contributed by atoms with van der Waals surface area (Å²) in [7, 11) is 0. The van der Waals surface area contributed by atoms with Crippen molar-refractivity contribution < 1.29 is 0 Å². The smallest absolute Gasteiger partial charge is 0.160 e. The topological polar surface area (TPSA) is 30.7 Å². The van der Waals surface area contributed by atoms with E-state index < -0.39 is 0 Å². The SMILES string of the molecule is c1ccc(-c2cc(-c3cccc4c3sc3c4ccc4c5ccccc5n(-c5ccc6c(ccc7ccccc76)c5)c43)nc(-c3ccccc3)n2)cc1. The molecule has 11 rings (SSSR count). The molecule has 3 nitrogen and oxygen atoms in total. The first-order valence-electron chi connectivity index (χ1n) is 17.6. The van der Waals surface area contributed by atoms with Crippen LogP contribution in [-0.2, 0) is 0 Å². The van der Waals surface area contributed by atoms with Crippen LogP contribution in [-0.4, -0.2) is 14.5 Å². The second-order valence-corrected chi connectivity index (χ2v) is 14.4. The number of hydrogen-bond acceptors (Lipinski definition) is 3. The Balaban J connectivity index is 1.18. The van der Waals surface area contributed by atoms with Gasteiger partial charge in [0.1, 0.15) is 0 Å². The molecule has 3 heterocycles. The Morgan fingerprint density at radius 1 is 0.404 bits per heavy atom. The maximum Gasteiger partial charge on any atom is 0.160 e. The average Bonchev–Trinajstić information content (AvgIpc) is 3.77. The van der Waals surface area contributed by atoms with Gasteiger partial charge in [-0.25, -0.2) is 9.97 Å². The summed E-state index contributed by atoms with van der Waals surface area (Å²) in [5.74, 6) is 0.724. The van der Waals surface area contributed by atoms with Gasteiger partial charge in [-0.3, -0.25) is 0 Å². The van der Waals surface area contributed by atoms with Crippen molar-refractivity contribution in [3.05, 3.63) is 176 Å². The van der Waals surface area contributed by atoms with Gasteiger partial charge >= 0.3 is 0 Å². The summed E-state index contributed by atoms with van der Waals surface area (Å²) in [4.78, 5) is 10.3. The quantitative estimate of drug-likeness (QED) is 0.173. The molecule has 4 heteroatoms. The molecule has 0 saturated heterocycles. The van der Waals surface area contributed by atoms with E-state index in [1.807, 2.05) is 35.6 Å². The molecule has 3 aromatic heterocycles. The Bertz CT molecular complexity index is 3120. The van der Waals surface area contributed by atoms with Crippen LogP contribution < -0.4 is 0 Å². The van der Waals surface area contributed by atoms with Crippen LogP contribution in [0, 0.1) is 0 Å². The third kappa shape index (κ3) is 4.45. The molecule has 0 atom stereocenters. The molecule has 52 heavy (non-hydrogen) atoms. The normalized spacial score (nSPS) is 11.8. The number of fused-ring (bicyclic) bond motifs is 10. The number of para-hydroxylation sites is 1. The second-order valence-electron chi connectivity index (χ2n) is 13.4. The molecule has 11 aromatic rings. The molecule has 242 valence electrons. The average molecular weight is 680 g/mol. The van der Waals surface area contributed by atoms with Gasteiger partial charge < -0.3 is 4.57 Å². The molecule has 8 aromatic carbocycles. The summed E-state index contributed by atoms with van der Waals surface area (Å²) in [6.45, 7) is 0. The van der Waals surface area contributed by atoms with E-state index in [2.05, 4.69) is 156 Å². The molecular weight excluding hydrogens is 651 g/mol. The molecule has 0 fully saturated rings. The lowest BCUT2D eigenvalue weighted by Crippen LogP contribution is -1.95.